The van der Waals surface area contributed by atoms with Crippen LogP contribution in [0.3, 0.4) is 0 Å². The molecule has 2 rings (SSSR count). The van der Waals surface area contributed by atoms with E-state index < -0.39 is 0 Å². The Bertz CT molecular complexity index is 194. The molecule has 2 fully saturated rings. The van der Waals surface area contributed by atoms with E-state index in [9.17, 15) is 5.11 Å². The third kappa shape index (κ3) is 3.72. The van der Waals surface area contributed by atoms with Crippen LogP contribution in [-0.4, -0.2) is 60.3 Å². The molecule has 3 nitrogen and oxygen atoms in total. The predicted molar refractivity (Wildman–Crippen MR) is 66.5 cm³/mol. The van der Waals surface area contributed by atoms with Crippen molar-refractivity contribution in [2.75, 3.05) is 39.3 Å². The average Bonchev–Trinajstić information content (AvgIpc) is 2.73. The number of hydrogen-bond acceptors (Lipinski definition) is 3. The Morgan fingerprint density at radius 1 is 1.06 bits per heavy atom. The van der Waals surface area contributed by atoms with Crippen molar-refractivity contribution in [2.24, 2.45) is 5.92 Å². The van der Waals surface area contributed by atoms with Gasteiger partial charge in [0.25, 0.3) is 0 Å². The molecule has 2 aliphatic heterocycles. The normalized spacial score (nSPS) is 27.4. The zero-order valence-corrected chi connectivity index (χ0v) is 10.6. The number of nitrogens with zero attached hydrogens (tertiary/aromatic N) is 2. The fourth-order valence-electron chi connectivity index (χ4n) is 3.06. The molecule has 2 heterocycles. The van der Waals surface area contributed by atoms with Gasteiger partial charge in [0, 0.05) is 13.1 Å². The smallest absolute Gasteiger partial charge is 0.0639 e. The molecule has 0 bridgehead atoms. The van der Waals surface area contributed by atoms with Crippen molar-refractivity contribution in [2.45, 2.75) is 38.7 Å². The van der Waals surface area contributed by atoms with Gasteiger partial charge in [-0.25, -0.2) is 0 Å². The molecule has 0 radical (unpaired) electrons. The summed E-state index contributed by atoms with van der Waals surface area (Å²) in [5.41, 5.74) is 0. The lowest BCUT2D eigenvalue weighted by molar-refractivity contribution is 0.0924. The summed E-state index contributed by atoms with van der Waals surface area (Å²) in [5, 5.41) is 9.35. The van der Waals surface area contributed by atoms with Gasteiger partial charge in [-0.05, 0) is 64.7 Å². The molecule has 1 atom stereocenters. The minimum absolute atomic E-state index is 0.171. The highest BCUT2D eigenvalue weighted by molar-refractivity contribution is 4.77. The number of rotatable bonds is 4. The van der Waals surface area contributed by atoms with E-state index in [2.05, 4.69) is 9.80 Å². The van der Waals surface area contributed by atoms with Gasteiger partial charge in [0.15, 0.2) is 0 Å². The first-order valence-corrected chi connectivity index (χ1v) is 6.87. The first-order chi connectivity index (χ1) is 7.74. The third-order valence-electron chi connectivity index (χ3n) is 3.94. The Morgan fingerprint density at radius 2 is 1.69 bits per heavy atom. The van der Waals surface area contributed by atoms with Crippen molar-refractivity contribution in [3.05, 3.63) is 0 Å². The minimum Gasteiger partial charge on any atom is -0.392 e. The molecule has 16 heavy (non-hydrogen) atoms. The van der Waals surface area contributed by atoms with Crippen LogP contribution < -0.4 is 0 Å². The Morgan fingerprint density at radius 3 is 2.25 bits per heavy atom. The lowest BCUT2D eigenvalue weighted by atomic mass is 9.96. The lowest BCUT2D eigenvalue weighted by Crippen LogP contribution is -2.40. The van der Waals surface area contributed by atoms with Crippen LogP contribution in [0.5, 0.6) is 0 Å². The topological polar surface area (TPSA) is 26.7 Å². The quantitative estimate of drug-likeness (QED) is 0.779. The molecule has 0 aromatic carbocycles. The zero-order chi connectivity index (χ0) is 11.4. The van der Waals surface area contributed by atoms with Crippen molar-refractivity contribution in [3.63, 3.8) is 0 Å². The molecule has 94 valence electrons. The number of piperidine rings is 1. The number of aliphatic hydroxyl groups is 1. The van der Waals surface area contributed by atoms with E-state index in [4.69, 9.17) is 0 Å². The second kappa shape index (κ2) is 5.99. The number of aliphatic hydroxyl groups excluding tert-OH is 1. The molecular weight excluding hydrogens is 200 g/mol. The largest absolute Gasteiger partial charge is 0.392 e. The van der Waals surface area contributed by atoms with Crippen LogP contribution in [0.25, 0.3) is 0 Å². The summed E-state index contributed by atoms with van der Waals surface area (Å²) < 4.78 is 0. The van der Waals surface area contributed by atoms with Crippen molar-refractivity contribution in [1.82, 2.24) is 9.80 Å². The Hall–Kier alpha value is -0.120. The maximum absolute atomic E-state index is 9.35. The van der Waals surface area contributed by atoms with Crippen molar-refractivity contribution < 1.29 is 5.11 Å². The first-order valence-electron chi connectivity index (χ1n) is 6.87. The van der Waals surface area contributed by atoms with Crippen LogP contribution in [0.15, 0.2) is 0 Å². The van der Waals surface area contributed by atoms with Gasteiger partial charge in [-0.1, -0.05) is 0 Å². The predicted octanol–water partition coefficient (Wildman–Crippen LogP) is 1.18. The molecule has 2 saturated heterocycles. The highest BCUT2D eigenvalue weighted by Crippen LogP contribution is 2.20. The summed E-state index contributed by atoms with van der Waals surface area (Å²) in [6.07, 6.45) is 5.28. The fraction of sp³-hybridized carbons (Fsp3) is 1.00. The second-order valence-electron chi connectivity index (χ2n) is 5.60. The highest BCUT2D eigenvalue weighted by atomic mass is 16.3. The van der Waals surface area contributed by atoms with Crippen LogP contribution >= 0.6 is 0 Å². The molecule has 0 aliphatic carbocycles. The summed E-state index contributed by atoms with van der Waals surface area (Å²) in [4.78, 5) is 5.04. The Kier molecular flexibility index (Phi) is 4.62. The van der Waals surface area contributed by atoms with Crippen LogP contribution in [0.1, 0.15) is 32.6 Å². The molecule has 0 spiro atoms. The van der Waals surface area contributed by atoms with E-state index >= 15 is 0 Å². The average molecular weight is 226 g/mol. The van der Waals surface area contributed by atoms with E-state index in [1.807, 2.05) is 6.92 Å². The van der Waals surface area contributed by atoms with E-state index in [1.165, 1.54) is 58.4 Å². The second-order valence-corrected chi connectivity index (χ2v) is 5.60. The van der Waals surface area contributed by atoms with Crippen LogP contribution in [0, 0.1) is 5.92 Å². The van der Waals surface area contributed by atoms with E-state index in [-0.39, 0.29) is 6.10 Å². The zero-order valence-electron chi connectivity index (χ0n) is 10.6. The molecule has 3 heteroatoms. The monoisotopic (exact) mass is 226 g/mol. The third-order valence-corrected chi connectivity index (χ3v) is 3.94. The molecule has 1 N–H and O–H groups in total. The standard InChI is InChI=1S/C13H26N2O/c1-12(16)10-15-8-4-13(5-9-15)11-14-6-2-3-7-14/h12-13,16H,2-11H2,1H3/t12-/m1/s1. The number of hydrogen-bond donors (Lipinski definition) is 1. The van der Waals surface area contributed by atoms with Gasteiger partial charge in [-0.15, -0.1) is 0 Å². The highest BCUT2D eigenvalue weighted by Gasteiger charge is 2.22. The molecule has 2 aliphatic rings. The van der Waals surface area contributed by atoms with Gasteiger partial charge in [-0.2, -0.15) is 0 Å². The SMILES string of the molecule is C[C@@H](O)CN1CCC(CN2CCCC2)CC1. The van der Waals surface area contributed by atoms with Crippen molar-refractivity contribution in [3.8, 4) is 0 Å². The van der Waals surface area contributed by atoms with Gasteiger partial charge in [0.05, 0.1) is 6.10 Å². The molecule has 0 aromatic heterocycles. The number of likely N-dealkylation sites (tertiary alicyclic amines) is 2. The molecule has 0 unspecified atom stereocenters. The Labute approximate surface area is 99.4 Å². The first kappa shape index (κ1) is 12.3. The molecule has 0 amide bonds. The summed E-state index contributed by atoms with van der Waals surface area (Å²) in [6.45, 7) is 9.09. The van der Waals surface area contributed by atoms with Crippen LogP contribution in [0.4, 0.5) is 0 Å². The summed E-state index contributed by atoms with van der Waals surface area (Å²) >= 11 is 0. The minimum atomic E-state index is -0.171. The van der Waals surface area contributed by atoms with Crippen molar-refractivity contribution >= 4 is 0 Å². The number of β-amino-alcohol motifs (C(OH)–C–C–N with tert-alkyl or cyclic N) is 1. The molecular formula is C13H26N2O. The lowest BCUT2D eigenvalue weighted by Gasteiger charge is -2.34. The fourth-order valence-corrected chi connectivity index (χ4v) is 3.06. The maximum atomic E-state index is 9.35. The van der Waals surface area contributed by atoms with Gasteiger partial charge in [0.1, 0.15) is 0 Å². The van der Waals surface area contributed by atoms with E-state index in [1.54, 1.807) is 0 Å². The van der Waals surface area contributed by atoms with E-state index in [0.29, 0.717) is 0 Å². The summed E-state index contributed by atoms with van der Waals surface area (Å²) in [6, 6.07) is 0. The van der Waals surface area contributed by atoms with Gasteiger partial charge >= 0.3 is 0 Å². The Balaban J connectivity index is 1.64. The van der Waals surface area contributed by atoms with E-state index in [0.717, 1.165) is 12.5 Å². The van der Waals surface area contributed by atoms with Crippen LogP contribution in [-0.2, 0) is 0 Å². The van der Waals surface area contributed by atoms with Crippen molar-refractivity contribution in [1.29, 1.82) is 0 Å². The summed E-state index contributed by atoms with van der Waals surface area (Å²) in [5.74, 6) is 0.906. The molecule has 0 saturated carbocycles. The van der Waals surface area contributed by atoms with Gasteiger partial charge in [0.2, 0.25) is 0 Å². The van der Waals surface area contributed by atoms with Gasteiger partial charge < -0.3 is 14.9 Å². The molecule has 0 aromatic rings. The maximum Gasteiger partial charge on any atom is 0.0639 e. The summed E-state index contributed by atoms with van der Waals surface area (Å²) in [7, 11) is 0. The van der Waals surface area contributed by atoms with Crippen LogP contribution in [0.2, 0.25) is 0 Å². The van der Waals surface area contributed by atoms with Gasteiger partial charge in [-0.3, -0.25) is 0 Å².